The molecule has 1 atom stereocenters. The normalized spacial score (nSPS) is 23.6. The van der Waals surface area contributed by atoms with Crippen LogP contribution in [-0.2, 0) is 21.0 Å². The van der Waals surface area contributed by atoms with E-state index in [0.717, 1.165) is 25.7 Å². The van der Waals surface area contributed by atoms with E-state index in [2.05, 4.69) is 0 Å². The number of amides is 2. The molecule has 30 heavy (non-hydrogen) atoms. The van der Waals surface area contributed by atoms with Gasteiger partial charge in [0.15, 0.2) is 4.87 Å². The van der Waals surface area contributed by atoms with Crippen molar-refractivity contribution in [1.82, 2.24) is 4.90 Å². The van der Waals surface area contributed by atoms with E-state index in [1.807, 2.05) is 0 Å². The zero-order chi connectivity index (χ0) is 20.9. The van der Waals surface area contributed by atoms with Crippen molar-refractivity contribution in [2.75, 3.05) is 17.2 Å². The van der Waals surface area contributed by atoms with Crippen LogP contribution in [0.4, 0.5) is 14.5 Å². The summed E-state index contributed by atoms with van der Waals surface area (Å²) in [6.45, 7) is 0.637. The van der Waals surface area contributed by atoms with Gasteiger partial charge in [-0.1, -0.05) is 25.0 Å². The molecule has 1 spiro atoms. The zero-order valence-corrected chi connectivity index (χ0v) is 17.3. The van der Waals surface area contributed by atoms with Crippen LogP contribution in [0.25, 0.3) is 0 Å². The molecule has 3 aliphatic rings. The van der Waals surface area contributed by atoms with Gasteiger partial charge >= 0.3 is 0 Å². The zero-order valence-electron chi connectivity index (χ0n) is 16.4. The molecule has 0 aromatic heterocycles. The Balaban J connectivity index is 1.57. The van der Waals surface area contributed by atoms with Crippen molar-refractivity contribution in [2.45, 2.75) is 37.1 Å². The second-order valence-corrected chi connectivity index (χ2v) is 9.43. The number of benzene rings is 2. The molecule has 1 aliphatic carbocycles. The summed E-state index contributed by atoms with van der Waals surface area (Å²) < 4.78 is 28.0. The maximum absolute atomic E-state index is 14.3. The first-order chi connectivity index (χ1) is 14.5. The highest BCUT2D eigenvalue weighted by molar-refractivity contribution is 8.01. The predicted molar refractivity (Wildman–Crippen MR) is 112 cm³/mol. The van der Waals surface area contributed by atoms with Crippen molar-refractivity contribution in [3.8, 4) is 0 Å². The lowest BCUT2D eigenvalue weighted by Gasteiger charge is -2.34. The Labute approximate surface area is 178 Å². The van der Waals surface area contributed by atoms with E-state index in [-0.39, 0.29) is 30.1 Å². The molecule has 156 valence electrons. The highest BCUT2D eigenvalue weighted by atomic mass is 32.2. The van der Waals surface area contributed by atoms with Crippen molar-refractivity contribution in [3.63, 3.8) is 0 Å². The van der Waals surface area contributed by atoms with Gasteiger partial charge in [0.2, 0.25) is 5.91 Å². The first-order valence-electron chi connectivity index (χ1n) is 10.3. The second-order valence-electron chi connectivity index (χ2n) is 8.15. The fraction of sp³-hybridized carbons (Fsp3) is 0.391. The molecule has 2 aliphatic heterocycles. The standard InChI is InChI=1S/C23H22F2N2O2S/c24-17-7-3-4-15(12-17)14-26-20-9-8-18(25)13-19(20)23(22(26)29)27(10-11-30-23)21(28)16-5-1-2-6-16/h3-4,7-9,12-13,16H,1-2,5-6,10-11,14H2/t23-/m0/s1. The number of nitrogens with zero attached hydrogens (tertiary/aromatic N) is 2. The second kappa shape index (κ2) is 7.38. The number of carbonyl (C=O) groups excluding carboxylic acids is 2. The predicted octanol–water partition coefficient (Wildman–Crippen LogP) is 4.43. The quantitative estimate of drug-likeness (QED) is 0.726. The Morgan fingerprint density at radius 2 is 1.87 bits per heavy atom. The first kappa shape index (κ1) is 19.5. The van der Waals surface area contributed by atoms with Gasteiger partial charge in [0.1, 0.15) is 11.6 Å². The van der Waals surface area contributed by atoms with Crippen molar-refractivity contribution in [1.29, 1.82) is 0 Å². The van der Waals surface area contributed by atoms with Crippen molar-refractivity contribution in [2.24, 2.45) is 5.92 Å². The van der Waals surface area contributed by atoms with Crippen molar-refractivity contribution < 1.29 is 18.4 Å². The van der Waals surface area contributed by atoms with Crippen LogP contribution in [0.2, 0.25) is 0 Å². The third kappa shape index (κ3) is 2.94. The van der Waals surface area contributed by atoms with Gasteiger partial charge in [0.05, 0.1) is 12.2 Å². The van der Waals surface area contributed by atoms with Crippen LogP contribution < -0.4 is 4.90 Å². The third-order valence-corrected chi connectivity index (χ3v) is 7.78. The average molecular weight is 429 g/mol. The van der Waals surface area contributed by atoms with E-state index in [1.165, 1.54) is 36.0 Å². The Morgan fingerprint density at radius 3 is 2.63 bits per heavy atom. The number of rotatable bonds is 3. The molecule has 0 unspecified atom stereocenters. The number of thioether (sulfide) groups is 1. The van der Waals surface area contributed by atoms with Crippen molar-refractivity contribution in [3.05, 3.63) is 65.2 Å². The summed E-state index contributed by atoms with van der Waals surface area (Å²) in [6, 6.07) is 10.4. The molecule has 2 amide bonds. The minimum Gasteiger partial charge on any atom is -0.315 e. The first-order valence-corrected chi connectivity index (χ1v) is 11.3. The molecular formula is C23H22F2N2O2S. The molecule has 2 fully saturated rings. The van der Waals surface area contributed by atoms with Crippen LogP contribution in [-0.4, -0.2) is 29.0 Å². The highest BCUT2D eigenvalue weighted by Crippen LogP contribution is 2.55. The summed E-state index contributed by atoms with van der Waals surface area (Å²) in [7, 11) is 0. The van der Waals surface area contributed by atoms with E-state index in [0.29, 0.717) is 29.1 Å². The molecule has 7 heteroatoms. The summed E-state index contributed by atoms with van der Waals surface area (Å²) in [6.07, 6.45) is 3.73. The van der Waals surface area contributed by atoms with Gasteiger partial charge in [-0.15, -0.1) is 11.8 Å². The maximum atomic E-state index is 14.3. The smallest absolute Gasteiger partial charge is 0.268 e. The maximum Gasteiger partial charge on any atom is 0.268 e. The fourth-order valence-corrected chi connectivity index (χ4v) is 6.44. The summed E-state index contributed by atoms with van der Waals surface area (Å²) in [5.41, 5.74) is 1.76. The van der Waals surface area contributed by atoms with Crippen LogP contribution in [0.5, 0.6) is 0 Å². The number of anilines is 1. The number of hydrogen-bond acceptors (Lipinski definition) is 3. The summed E-state index contributed by atoms with van der Waals surface area (Å²) in [4.78, 5) is 29.2. The number of halogens is 2. The lowest BCUT2D eigenvalue weighted by molar-refractivity contribution is -0.143. The van der Waals surface area contributed by atoms with E-state index < -0.39 is 10.7 Å². The molecule has 4 nitrogen and oxygen atoms in total. The van der Waals surface area contributed by atoms with E-state index in [9.17, 15) is 18.4 Å². The summed E-state index contributed by atoms with van der Waals surface area (Å²) in [5, 5.41) is 0. The third-order valence-electron chi connectivity index (χ3n) is 6.36. The van der Waals surface area contributed by atoms with Gasteiger partial charge in [-0.05, 0) is 48.7 Å². The van der Waals surface area contributed by atoms with E-state index >= 15 is 0 Å². The van der Waals surface area contributed by atoms with Crippen LogP contribution >= 0.6 is 11.8 Å². The monoisotopic (exact) mass is 428 g/mol. The Hall–Kier alpha value is -2.41. The van der Waals surface area contributed by atoms with Crippen LogP contribution in [0.15, 0.2) is 42.5 Å². The SMILES string of the molecule is O=C(C1CCCC1)N1CCS[C@@]12C(=O)N(Cc1cccc(F)c1)c1ccc(F)cc12. The summed E-state index contributed by atoms with van der Waals surface area (Å²) >= 11 is 1.40. The lowest BCUT2D eigenvalue weighted by atomic mass is 10.0. The topological polar surface area (TPSA) is 40.6 Å². The molecule has 2 heterocycles. The molecule has 5 rings (SSSR count). The average Bonchev–Trinajstić information content (AvgIpc) is 3.45. The highest BCUT2D eigenvalue weighted by Gasteiger charge is 2.60. The van der Waals surface area contributed by atoms with Gasteiger partial charge in [0.25, 0.3) is 5.91 Å². The number of fused-ring (bicyclic) bond motifs is 2. The van der Waals surface area contributed by atoms with Crippen LogP contribution in [0.3, 0.4) is 0 Å². The van der Waals surface area contributed by atoms with Gasteiger partial charge in [-0.3, -0.25) is 9.59 Å². The molecule has 0 bridgehead atoms. The van der Waals surface area contributed by atoms with Gasteiger partial charge in [-0.25, -0.2) is 8.78 Å². The number of hydrogen-bond donors (Lipinski definition) is 0. The van der Waals surface area contributed by atoms with E-state index in [4.69, 9.17) is 0 Å². The van der Waals surface area contributed by atoms with Crippen LogP contribution in [0.1, 0.15) is 36.8 Å². The molecule has 2 aromatic carbocycles. The van der Waals surface area contributed by atoms with Gasteiger partial charge in [-0.2, -0.15) is 0 Å². The number of carbonyl (C=O) groups is 2. The van der Waals surface area contributed by atoms with Crippen LogP contribution in [0, 0.1) is 17.6 Å². The molecule has 2 aromatic rings. The Morgan fingerprint density at radius 1 is 1.10 bits per heavy atom. The molecule has 0 radical (unpaired) electrons. The minimum atomic E-state index is -1.23. The minimum absolute atomic E-state index is 0.00586. The summed E-state index contributed by atoms with van der Waals surface area (Å²) in [5.74, 6) is -0.512. The molecule has 1 saturated carbocycles. The molecule has 1 saturated heterocycles. The van der Waals surface area contributed by atoms with E-state index in [1.54, 1.807) is 28.0 Å². The largest absolute Gasteiger partial charge is 0.315 e. The lowest BCUT2D eigenvalue weighted by Crippen LogP contribution is -2.51. The molecule has 0 N–H and O–H groups in total. The van der Waals surface area contributed by atoms with Crippen molar-refractivity contribution >= 4 is 29.3 Å². The Bertz CT molecular complexity index is 1020. The fourth-order valence-electron chi connectivity index (χ4n) is 4.98. The van der Waals surface area contributed by atoms with Gasteiger partial charge < -0.3 is 9.80 Å². The van der Waals surface area contributed by atoms with Gasteiger partial charge in [0, 0.05) is 23.8 Å². The molecular weight excluding hydrogens is 406 g/mol. The Kier molecular flexibility index (Phi) is 4.81.